The van der Waals surface area contributed by atoms with Crippen LogP contribution in [0.15, 0.2) is 71.8 Å². The molecule has 186 valence electrons. The smallest absolute Gasteiger partial charge is 0.329 e. The molecule has 3 N–H and O–H groups in total. The van der Waals surface area contributed by atoms with Crippen LogP contribution < -0.4 is 25.5 Å². The number of rotatable bonds is 9. The minimum Gasteiger partial charge on any atom is -0.493 e. The average Bonchev–Trinajstić information content (AvgIpc) is 2.89. The summed E-state index contributed by atoms with van der Waals surface area (Å²) in [7, 11) is 1.44. The first kappa shape index (κ1) is 25.9. The van der Waals surface area contributed by atoms with E-state index < -0.39 is 17.6 Å². The lowest BCUT2D eigenvalue weighted by atomic mass is 10.1. The summed E-state index contributed by atoms with van der Waals surface area (Å²) in [6, 6.07) is 17.8. The van der Waals surface area contributed by atoms with E-state index in [0.29, 0.717) is 22.7 Å². The first-order valence-electron chi connectivity index (χ1n) is 11.0. The minimum atomic E-state index is -1.07. The van der Waals surface area contributed by atoms with Gasteiger partial charge in [-0.15, -0.1) is 0 Å². The molecule has 0 heterocycles. The van der Waals surface area contributed by atoms with E-state index in [9.17, 15) is 18.8 Å². The summed E-state index contributed by atoms with van der Waals surface area (Å²) in [6.07, 6.45) is 2.20. The normalized spacial score (nSPS) is 10.5. The average molecular weight is 493 g/mol. The van der Waals surface area contributed by atoms with Crippen molar-refractivity contribution < 1.29 is 28.2 Å². The number of halogens is 1. The van der Waals surface area contributed by atoms with Gasteiger partial charge in [-0.25, -0.2) is 9.82 Å². The Balaban J connectivity index is 1.52. The van der Waals surface area contributed by atoms with E-state index in [4.69, 9.17) is 9.47 Å². The number of carbonyl (C=O) groups is 3. The molecule has 0 radical (unpaired) electrons. The molecule has 3 aromatic rings. The molecule has 0 aliphatic rings. The van der Waals surface area contributed by atoms with E-state index in [-0.39, 0.29) is 18.2 Å². The molecular formula is C26H25FN4O5. The Labute approximate surface area is 207 Å². The lowest BCUT2D eigenvalue weighted by molar-refractivity contribution is -0.136. The van der Waals surface area contributed by atoms with E-state index in [0.717, 1.165) is 12.5 Å². The molecule has 0 aliphatic carbocycles. The molecule has 0 aliphatic heterocycles. The highest BCUT2D eigenvalue weighted by Crippen LogP contribution is 2.27. The maximum atomic E-state index is 13.6. The predicted octanol–water partition coefficient (Wildman–Crippen LogP) is 3.50. The molecule has 9 nitrogen and oxygen atoms in total. The van der Waals surface area contributed by atoms with Crippen molar-refractivity contribution in [3.05, 3.63) is 83.7 Å². The van der Waals surface area contributed by atoms with Gasteiger partial charge in [0.15, 0.2) is 18.1 Å². The number of hydrazone groups is 1. The Morgan fingerprint density at radius 2 is 1.69 bits per heavy atom. The third-order valence-corrected chi connectivity index (χ3v) is 4.90. The number of benzene rings is 3. The number of ether oxygens (including phenoxy) is 2. The molecule has 3 rings (SSSR count). The zero-order chi connectivity index (χ0) is 25.9. The summed E-state index contributed by atoms with van der Waals surface area (Å²) in [4.78, 5) is 36.0. The van der Waals surface area contributed by atoms with Crippen LogP contribution in [0.1, 0.15) is 18.1 Å². The highest BCUT2D eigenvalue weighted by Gasteiger charge is 2.15. The first-order chi connectivity index (χ1) is 17.4. The van der Waals surface area contributed by atoms with Crippen molar-refractivity contribution in [3.63, 3.8) is 0 Å². The largest absolute Gasteiger partial charge is 0.493 e. The first-order valence-corrected chi connectivity index (χ1v) is 11.0. The van der Waals surface area contributed by atoms with Crippen molar-refractivity contribution in [2.24, 2.45) is 5.10 Å². The number of anilines is 2. The molecule has 0 aromatic heterocycles. The van der Waals surface area contributed by atoms with Crippen LogP contribution in [0.3, 0.4) is 0 Å². The number of hydrogen-bond acceptors (Lipinski definition) is 6. The topological polar surface area (TPSA) is 118 Å². The number of nitrogens with one attached hydrogen (secondary N) is 3. The van der Waals surface area contributed by atoms with Crippen molar-refractivity contribution in [2.45, 2.75) is 13.3 Å². The Hall–Kier alpha value is -4.73. The molecule has 0 saturated heterocycles. The highest BCUT2D eigenvalue weighted by atomic mass is 19.1. The maximum absolute atomic E-state index is 13.6. The summed E-state index contributed by atoms with van der Waals surface area (Å²) >= 11 is 0. The van der Waals surface area contributed by atoms with Crippen LogP contribution in [0.2, 0.25) is 0 Å². The van der Waals surface area contributed by atoms with Gasteiger partial charge in [0.2, 0.25) is 0 Å². The van der Waals surface area contributed by atoms with Crippen molar-refractivity contribution in [1.82, 2.24) is 5.43 Å². The summed E-state index contributed by atoms with van der Waals surface area (Å²) < 4.78 is 24.5. The summed E-state index contributed by atoms with van der Waals surface area (Å²) in [5, 5.41) is 8.64. The summed E-state index contributed by atoms with van der Waals surface area (Å²) in [5.74, 6) is -2.47. The molecule has 0 unspecified atom stereocenters. The zero-order valence-corrected chi connectivity index (χ0v) is 19.7. The van der Waals surface area contributed by atoms with Crippen LogP contribution >= 0.6 is 0 Å². The van der Waals surface area contributed by atoms with Crippen LogP contribution in [-0.2, 0) is 20.8 Å². The Morgan fingerprint density at radius 3 is 2.39 bits per heavy atom. The molecule has 36 heavy (non-hydrogen) atoms. The molecule has 0 atom stereocenters. The molecule has 10 heteroatoms. The quantitative estimate of drug-likeness (QED) is 0.240. The van der Waals surface area contributed by atoms with Gasteiger partial charge >= 0.3 is 11.8 Å². The maximum Gasteiger partial charge on any atom is 0.329 e. The zero-order valence-electron chi connectivity index (χ0n) is 19.7. The fraction of sp³-hybridized carbons (Fsp3) is 0.154. The molecule has 0 bridgehead atoms. The predicted molar refractivity (Wildman–Crippen MR) is 134 cm³/mol. The van der Waals surface area contributed by atoms with Crippen molar-refractivity contribution in [1.29, 1.82) is 0 Å². The van der Waals surface area contributed by atoms with Gasteiger partial charge in [0, 0.05) is 5.69 Å². The van der Waals surface area contributed by atoms with Crippen molar-refractivity contribution >= 4 is 35.3 Å². The Morgan fingerprint density at radius 1 is 0.944 bits per heavy atom. The van der Waals surface area contributed by atoms with Crippen LogP contribution in [0.4, 0.5) is 15.8 Å². The number of hydrogen-bond donors (Lipinski definition) is 3. The molecular weight excluding hydrogens is 467 g/mol. The van der Waals surface area contributed by atoms with Gasteiger partial charge < -0.3 is 20.1 Å². The standard InChI is InChI=1S/C26H25FN4O5/c1-3-17-8-11-19(12-9-17)29-24(32)16-36-22-13-10-18(14-23(22)35-2)15-28-31-26(34)25(33)30-21-7-5-4-6-20(21)27/h4-15H,3,16H2,1-2H3,(H,29,32)(H,30,33)(H,31,34)/b28-15-. The molecule has 3 aromatic carbocycles. The molecule has 0 spiro atoms. The monoisotopic (exact) mass is 492 g/mol. The number of para-hydroxylation sites is 1. The Kier molecular flexibility index (Phi) is 9.10. The molecule has 0 fully saturated rings. The van der Waals surface area contributed by atoms with E-state index in [1.807, 2.05) is 24.3 Å². The van der Waals surface area contributed by atoms with Crippen LogP contribution in [0.5, 0.6) is 11.5 Å². The van der Waals surface area contributed by atoms with Crippen LogP contribution in [0.25, 0.3) is 0 Å². The fourth-order valence-corrected chi connectivity index (χ4v) is 3.01. The van der Waals surface area contributed by atoms with E-state index in [1.165, 1.54) is 37.1 Å². The lowest BCUT2D eigenvalue weighted by Crippen LogP contribution is -2.32. The van der Waals surface area contributed by atoms with Crippen molar-refractivity contribution in [3.8, 4) is 11.5 Å². The molecule has 3 amide bonds. The van der Waals surface area contributed by atoms with Gasteiger partial charge in [0.25, 0.3) is 5.91 Å². The third-order valence-electron chi connectivity index (χ3n) is 4.90. The SMILES string of the molecule is CCc1ccc(NC(=O)COc2ccc(/C=N\NC(=O)C(=O)Nc3ccccc3F)cc2OC)cc1. The number of carbonyl (C=O) groups excluding carboxylic acids is 3. The summed E-state index contributed by atoms with van der Waals surface area (Å²) in [5.41, 5.74) is 4.31. The second-order valence-electron chi connectivity index (χ2n) is 7.43. The molecule has 0 saturated carbocycles. The van der Waals surface area contributed by atoms with Crippen molar-refractivity contribution in [2.75, 3.05) is 24.4 Å². The second-order valence-corrected chi connectivity index (χ2v) is 7.43. The highest BCUT2D eigenvalue weighted by molar-refractivity contribution is 6.39. The van der Waals surface area contributed by atoms with Crippen LogP contribution in [-0.4, -0.2) is 37.7 Å². The second kappa shape index (κ2) is 12.7. The van der Waals surface area contributed by atoms with E-state index in [1.54, 1.807) is 18.2 Å². The van der Waals surface area contributed by atoms with Gasteiger partial charge in [-0.05, 0) is 60.0 Å². The Bertz CT molecular complexity index is 1260. The number of nitrogens with zero attached hydrogens (tertiary/aromatic N) is 1. The number of amides is 3. The van der Waals surface area contributed by atoms with Gasteiger partial charge in [-0.2, -0.15) is 5.10 Å². The van der Waals surface area contributed by atoms with E-state index in [2.05, 4.69) is 28.1 Å². The number of aryl methyl sites for hydroxylation is 1. The van der Waals surface area contributed by atoms with Gasteiger partial charge in [-0.3, -0.25) is 14.4 Å². The van der Waals surface area contributed by atoms with Gasteiger partial charge in [0.1, 0.15) is 5.82 Å². The minimum absolute atomic E-state index is 0.120. The number of methoxy groups -OCH3 is 1. The lowest BCUT2D eigenvalue weighted by Gasteiger charge is -2.11. The van der Waals surface area contributed by atoms with E-state index >= 15 is 0 Å². The van der Waals surface area contributed by atoms with Gasteiger partial charge in [0.05, 0.1) is 19.0 Å². The summed E-state index contributed by atoms with van der Waals surface area (Å²) in [6.45, 7) is 1.82. The van der Waals surface area contributed by atoms with Gasteiger partial charge in [-0.1, -0.05) is 31.2 Å². The fourth-order valence-electron chi connectivity index (χ4n) is 3.01. The van der Waals surface area contributed by atoms with Crippen LogP contribution in [0, 0.1) is 5.82 Å². The third kappa shape index (κ3) is 7.39.